The number of aliphatic hydroxyl groups excluding tert-OH is 1. The van der Waals surface area contributed by atoms with Crippen LogP contribution in [0.25, 0.3) is 0 Å². The maximum absolute atomic E-state index is 9.85. The lowest BCUT2D eigenvalue weighted by Crippen LogP contribution is -2.33. The molecule has 21 heavy (non-hydrogen) atoms. The van der Waals surface area contributed by atoms with Crippen LogP contribution < -0.4 is 10.1 Å². The molecule has 4 nitrogen and oxygen atoms in total. The number of nitrogens with one attached hydrogen (secondary N) is 1. The molecule has 0 amide bonds. The van der Waals surface area contributed by atoms with Gasteiger partial charge >= 0.3 is 0 Å². The Morgan fingerprint density at radius 1 is 1.19 bits per heavy atom. The van der Waals surface area contributed by atoms with Crippen LogP contribution in [-0.4, -0.2) is 44.1 Å². The highest BCUT2D eigenvalue weighted by Crippen LogP contribution is 2.16. The molecule has 0 aliphatic rings. The van der Waals surface area contributed by atoms with E-state index in [1.807, 2.05) is 31.2 Å². The first kappa shape index (κ1) is 18.0. The molecule has 1 rings (SSSR count). The minimum absolute atomic E-state index is 0.298. The van der Waals surface area contributed by atoms with Crippen molar-refractivity contribution < 1.29 is 14.6 Å². The fraction of sp³-hybridized carbons (Fsp3) is 0.647. The highest BCUT2D eigenvalue weighted by Gasteiger charge is 2.05. The van der Waals surface area contributed by atoms with Crippen molar-refractivity contribution in [2.75, 3.05) is 32.9 Å². The third-order valence-corrected chi connectivity index (χ3v) is 3.17. The SMILES string of the molecule is Cc1ccccc1OCC(O)CNCCOCCC(C)C. The van der Waals surface area contributed by atoms with Crippen LogP contribution in [0.1, 0.15) is 25.8 Å². The van der Waals surface area contributed by atoms with Gasteiger partial charge in [-0.25, -0.2) is 0 Å². The topological polar surface area (TPSA) is 50.7 Å². The van der Waals surface area contributed by atoms with E-state index in [-0.39, 0.29) is 0 Å². The van der Waals surface area contributed by atoms with Gasteiger partial charge in [-0.2, -0.15) is 0 Å². The van der Waals surface area contributed by atoms with Gasteiger partial charge in [0, 0.05) is 19.7 Å². The second-order valence-electron chi connectivity index (χ2n) is 5.73. The van der Waals surface area contributed by atoms with E-state index in [4.69, 9.17) is 9.47 Å². The summed E-state index contributed by atoms with van der Waals surface area (Å²) >= 11 is 0. The highest BCUT2D eigenvalue weighted by molar-refractivity contribution is 5.31. The van der Waals surface area contributed by atoms with Gasteiger partial charge < -0.3 is 19.9 Å². The number of ether oxygens (including phenoxy) is 2. The largest absolute Gasteiger partial charge is 0.491 e. The number of aryl methyl sites for hydroxylation is 1. The summed E-state index contributed by atoms with van der Waals surface area (Å²) < 4.78 is 11.1. The molecule has 0 aliphatic carbocycles. The molecule has 0 fully saturated rings. The predicted molar refractivity (Wildman–Crippen MR) is 85.8 cm³/mol. The standard InChI is InChI=1S/C17H29NO3/c1-14(2)8-10-20-11-9-18-12-16(19)13-21-17-7-5-4-6-15(17)3/h4-7,14,16,18-19H,8-13H2,1-3H3. The smallest absolute Gasteiger partial charge is 0.122 e. The van der Waals surface area contributed by atoms with E-state index in [9.17, 15) is 5.11 Å². The van der Waals surface area contributed by atoms with Crippen LogP contribution >= 0.6 is 0 Å². The summed E-state index contributed by atoms with van der Waals surface area (Å²) in [6, 6.07) is 7.81. The van der Waals surface area contributed by atoms with Gasteiger partial charge in [-0.15, -0.1) is 0 Å². The van der Waals surface area contributed by atoms with Crippen molar-refractivity contribution >= 4 is 0 Å². The first-order valence-electron chi connectivity index (χ1n) is 7.74. The van der Waals surface area contributed by atoms with Gasteiger partial charge in [0.1, 0.15) is 18.5 Å². The molecule has 0 aliphatic heterocycles. The number of benzene rings is 1. The fourth-order valence-corrected chi connectivity index (χ4v) is 1.80. The molecule has 1 atom stereocenters. The average molecular weight is 295 g/mol. The molecule has 0 radical (unpaired) electrons. The van der Waals surface area contributed by atoms with E-state index in [2.05, 4.69) is 19.2 Å². The molecular formula is C17H29NO3. The van der Waals surface area contributed by atoms with Crippen LogP contribution in [-0.2, 0) is 4.74 Å². The summed E-state index contributed by atoms with van der Waals surface area (Å²) in [4.78, 5) is 0. The van der Waals surface area contributed by atoms with Crippen LogP contribution in [0.15, 0.2) is 24.3 Å². The van der Waals surface area contributed by atoms with E-state index in [1.54, 1.807) is 0 Å². The van der Waals surface area contributed by atoms with Crippen molar-refractivity contribution in [2.24, 2.45) is 5.92 Å². The second-order valence-corrected chi connectivity index (χ2v) is 5.73. The van der Waals surface area contributed by atoms with Crippen LogP contribution in [0.2, 0.25) is 0 Å². The zero-order chi connectivity index (χ0) is 15.5. The Hall–Kier alpha value is -1.10. The first-order chi connectivity index (χ1) is 10.1. The van der Waals surface area contributed by atoms with Crippen molar-refractivity contribution in [2.45, 2.75) is 33.3 Å². The zero-order valence-electron chi connectivity index (χ0n) is 13.5. The van der Waals surface area contributed by atoms with E-state index in [0.29, 0.717) is 25.7 Å². The van der Waals surface area contributed by atoms with Gasteiger partial charge in [-0.05, 0) is 30.9 Å². The van der Waals surface area contributed by atoms with Gasteiger partial charge in [0.05, 0.1) is 6.61 Å². The van der Waals surface area contributed by atoms with Gasteiger partial charge in [0.15, 0.2) is 0 Å². The maximum Gasteiger partial charge on any atom is 0.122 e. The molecule has 4 heteroatoms. The van der Waals surface area contributed by atoms with Crippen molar-refractivity contribution in [3.63, 3.8) is 0 Å². The molecule has 1 aromatic carbocycles. The summed E-state index contributed by atoms with van der Waals surface area (Å²) in [5, 5.41) is 13.0. The Kier molecular flexibility index (Phi) is 9.06. The number of rotatable bonds is 11. The summed E-state index contributed by atoms with van der Waals surface area (Å²) in [5.41, 5.74) is 1.08. The van der Waals surface area contributed by atoms with Crippen LogP contribution in [0, 0.1) is 12.8 Å². The summed E-state index contributed by atoms with van der Waals surface area (Å²) in [7, 11) is 0. The molecule has 0 saturated carbocycles. The Balaban J connectivity index is 2.01. The second kappa shape index (κ2) is 10.6. The average Bonchev–Trinajstić information content (AvgIpc) is 2.45. The van der Waals surface area contributed by atoms with Crippen molar-refractivity contribution in [3.8, 4) is 5.75 Å². The quantitative estimate of drug-likeness (QED) is 0.616. The predicted octanol–water partition coefficient (Wildman–Crippen LogP) is 2.39. The number of para-hydroxylation sites is 1. The molecule has 0 spiro atoms. The van der Waals surface area contributed by atoms with Crippen molar-refractivity contribution in [1.82, 2.24) is 5.32 Å². The first-order valence-corrected chi connectivity index (χ1v) is 7.74. The van der Waals surface area contributed by atoms with Crippen molar-refractivity contribution in [1.29, 1.82) is 0 Å². The van der Waals surface area contributed by atoms with Gasteiger partial charge in [0.25, 0.3) is 0 Å². The minimum atomic E-state index is -0.514. The summed E-state index contributed by atoms with van der Waals surface area (Å²) in [6.45, 7) is 9.41. The molecule has 2 N–H and O–H groups in total. The molecule has 0 saturated heterocycles. The van der Waals surface area contributed by atoms with Crippen LogP contribution in [0.4, 0.5) is 0 Å². The summed E-state index contributed by atoms with van der Waals surface area (Å²) in [5.74, 6) is 1.51. The van der Waals surface area contributed by atoms with Gasteiger partial charge in [0.2, 0.25) is 0 Å². The lowest BCUT2D eigenvalue weighted by molar-refractivity contribution is 0.0965. The Morgan fingerprint density at radius 2 is 1.95 bits per heavy atom. The monoisotopic (exact) mass is 295 g/mol. The number of hydrogen-bond donors (Lipinski definition) is 2. The van der Waals surface area contributed by atoms with E-state index >= 15 is 0 Å². The molecule has 1 unspecified atom stereocenters. The van der Waals surface area contributed by atoms with E-state index < -0.39 is 6.10 Å². The minimum Gasteiger partial charge on any atom is -0.491 e. The van der Waals surface area contributed by atoms with Crippen LogP contribution in [0.5, 0.6) is 5.75 Å². The third kappa shape index (κ3) is 8.71. The Bertz CT molecular complexity index is 382. The molecule has 0 bridgehead atoms. The van der Waals surface area contributed by atoms with E-state index in [1.165, 1.54) is 0 Å². The summed E-state index contributed by atoms with van der Waals surface area (Å²) in [6.07, 6.45) is 0.577. The van der Waals surface area contributed by atoms with E-state index in [0.717, 1.165) is 30.9 Å². The molecule has 1 aromatic rings. The lowest BCUT2D eigenvalue weighted by atomic mass is 10.1. The van der Waals surface area contributed by atoms with Crippen molar-refractivity contribution in [3.05, 3.63) is 29.8 Å². The third-order valence-electron chi connectivity index (χ3n) is 3.17. The maximum atomic E-state index is 9.85. The number of hydrogen-bond acceptors (Lipinski definition) is 4. The molecule has 0 aromatic heterocycles. The number of aliphatic hydroxyl groups is 1. The highest BCUT2D eigenvalue weighted by atomic mass is 16.5. The normalized spacial score (nSPS) is 12.6. The lowest BCUT2D eigenvalue weighted by Gasteiger charge is -2.14. The fourth-order valence-electron chi connectivity index (χ4n) is 1.80. The van der Waals surface area contributed by atoms with Crippen LogP contribution in [0.3, 0.4) is 0 Å². The molecular weight excluding hydrogens is 266 g/mol. The molecule has 0 heterocycles. The molecule has 120 valence electrons. The zero-order valence-corrected chi connectivity index (χ0v) is 13.5. The van der Waals surface area contributed by atoms with Gasteiger partial charge in [-0.1, -0.05) is 32.0 Å². The Morgan fingerprint density at radius 3 is 2.67 bits per heavy atom. The van der Waals surface area contributed by atoms with Gasteiger partial charge in [-0.3, -0.25) is 0 Å². The Labute approximate surface area is 128 Å².